The van der Waals surface area contributed by atoms with E-state index in [2.05, 4.69) is 10.6 Å². The van der Waals surface area contributed by atoms with E-state index < -0.39 is 30.4 Å². The quantitative estimate of drug-likeness (QED) is 0.336. The Labute approximate surface area is 177 Å². The maximum atomic E-state index is 12.1. The average molecular weight is 424 g/mol. The third kappa shape index (κ3) is 7.24. The van der Waals surface area contributed by atoms with E-state index in [0.717, 1.165) is 6.08 Å². The minimum atomic E-state index is -1.20. The van der Waals surface area contributed by atoms with E-state index in [1.807, 2.05) is 0 Å². The first-order chi connectivity index (χ1) is 14.7. The van der Waals surface area contributed by atoms with Crippen molar-refractivity contribution in [1.82, 2.24) is 0 Å². The van der Waals surface area contributed by atoms with E-state index >= 15 is 0 Å². The predicted molar refractivity (Wildman–Crippen MR) is 112 cm³/mol. The minimum Gasteiger partial charge on any atom is -0.478 e. The van der Waals surface area contributed by atoms with Gasteiger partial charge in [0.2, 0.25) is 5.91 Å². The fourth-order valence-corrected chi connectivity index (χ4v) is 2.33. The molecular weight excluding hydrogens is 404 g/mol. The van der Waals surface area contributed by atoms with E-state index in [-0.39, 0.29) is 16.9 Å². The topological polar surface area (TPSA) is 139 Å². The van der Waals surface area contributed by atoms with Gasteiger partial charge in [-0.05, 0) is 62.4 Å². The Morgan fingerprint density at radius 3 is 1.87 bits per heavy atom. The average Bonchev–Trinajstić information content (AvgIpc) is 2.72. The molecule has 0 aliphatic rings. The van der Waals surface area contributed by atoms with Crippen LogP contribution in [0.15, 0.2) is 60.2 Å². The number of carbonyl (C=O) groups excluding carboxylic acids is 4. The molecule has 0 aliphatic carbocycles. The molecule has 3 N–H and O–H groups in total. The van der Waals surface area contributed by atoms with Crippen molar-refractivity contribution in [2.24, 2.45) is 0 Å². The first-order valence-corrected chi connectivity index (χ1v) is 9.06. The predicted octanol–water partition coefficient (Wildman–Crippen LogP) is 2.65. The Balaban J connectivity index is 1.86. The van der Waals surface area contributed by atoms with Gasteiger partial charge in [0, 0.05) is 28.6 Å². The molecule has 2 aromatic rings. The highest BCUT2D eigenvalue weighted by molar-refractivity contribution is 6.04. The zero-order valence-corrected chi connectivity index (χ0v) is 16.8. The Kier molecular flexibility index (Phi) is 7.79. The van der Waals surface area contributed by atoms with Gasteiger partial charge >= 0.3 is 11.9 Å². The summed E-state index contributed by atoms with van der Waals surface area (Å²) in [5.41, 5.74) is 1.36. The third-order valence-corrected chi connectivity index (χ3v) is 3.98. The number of carbonyl (C=O) groups is 5. The fourth-order valence-electron chi connectivity index (χ4n) is 2.33. The summed E-state index contributed by atoms with van der Waals surface area (Å²) in [4.78, 5) is 57.7. The van der Waals surface area contributed by atoms with Gasteiger partial charge in [-0.25, -0.2) is 9.59 Å². The van der Waals surface area contributed by atoms with Crippen molar-refractivity contribution in [3.05, 3.63) is 71.3 Å². The van der Waals surface area contributed by atoms with Crippen molar-refractivity contribution in [3.8, 4) is 0 Å². The number of aliphatic carboxylic acids is 1. The van der Waals surface area contributed by atoms with Crippen molar-refractivity contribution in [1.29, 1.82) is 0 Å². The summed E-state index contributed by atoms with van der Waals surface area (Å²) >= 11 is 0. The van der Waals surface area contributed by atoms with Crippen LogP contribution in [0.25, 0.3) is 0 Å². The van der Waals surface area contributed by atoms with Crippen LogP contribution in [0, 0.1) is 0 Å². The maximum absolute atomic E-state index is 12.1. The monoisotopic (exact) mass is 424 g/mol. The lowest BCUT2D eigenvalue weighted by Crippen LogP contribution is -2.21. The lowest BCUT2D eigenvalue weighted by molar-refractivity contribution is -0.132. The second-order valence-electron chi connectivity index (χ2n) is 6.46. The van der Waals surface area contributed by atoms with E-state index in [1.165, 1.54) is 38.1 Å². The van der Waals surface area contributed by atoms with Gasteiger partial charge in [-0.3, -0.25) is 14.4 Å². The smallest absolute Gasteiger partial charge is 0.338 e. The number of hydrogen-bond acceptors (Lipinski definition) is 6. The van der Waals surface area contributed by atoms with Crippen LogP contribution < -0.4 is 10.6 Å². The van der Waals surface area contributed by atoms with Gasteiger partial charge in [-0.2, -0.15) is 0 Å². The summed E-state index contributed by atoms with van der Waals surface area (Å²) in [6.45, 7) is 2.22. The highest BCUT2D eigenvalue weighted by Gasteiger charge is 2.11. The zero-order chi connectivity index (χ0) is 23.0. The van der Waals surface area contributed by atoms with Gasteiger partial charge < -0.3 is 20.5 Å². The number of benzene rings is 2. The molecule has 0 unspecified atom stereocenters. The summed E-state index contributed by atoms with van der Waals surface area (Å²) < 4.78 is 4.96. The summed E-state index contributed by atoms with van der Waals surface area (Å²) in [6, 6.07) is 11.9. The second-order valence-corrected chi connectivity index (χ2v) is 6.46. The summed E-state index contributed by atoms with van der Waals surface area (Å²) in [5.74, 6) is -3.20. The molecule has 9 heteroatoms. The molecule has 0 fully saturated rings. The van der Waals surface area contributed by atoms with Crippen molar-refractivity contribution in [2.75, 3.05) is 17.2 Å². The Morgan fingerprint density at radius 2 is 1.35 bits per heavy atom. The van der Waals surface area contributed by atoms with E-state index in [0.29, 0.717) is 16.9 Å². The molecule has 0 saturated heterocycles. The zero-order valence-electron chi connectivity index (χ0n) is 16.8. The van der Waals surface area contributed by atoms with Crippen LogP contribution in [0.4, 0.5) is 11.4 Å². The van der Waals surface area contributed by atoms with Gasteiger partial charge in [0.15, 0.2) is 12.4 Å². The number of carboxylic acid groups (broad SMARTS) is 1. The fraction of sp³-hybridized carbons (Fsp3) is 0.136. The van der Waals surface area contributed by atoms with Crippen molar-refractivity contribution >= 4 is 40.9 Å². The van der Waals surface area contributed by atoms with E-state index in [4.69, 9.17) is 9.84 Å². The number of amides is 2. The molecule has 0 aromatic heterocycles. The van der Waals surface area contributed by atoms with Crippen LogP contribution in [-0.4, -0.2) is 41.2 Å². The minimum absolute atomic E-state index is 0.0933. The number of ether oxygens (including phenoxy) is 1. The number of carboxylic acids is 1. The summed E-state index contributed by atoms with van der Waals surface area (Å²) in [6.07, 6.45) is 0.941. The molecule has 0 radical (unpaired) electrons. The summed E-state index contributed by atoms with van der Waals surface area (Å²) in [5, 5.41) is 13.8. The third-order valence-electron chi connectivity index (χ3n) is 3.98. The second kappa shape index (κ2) is 10.5. The number of Topliss-reactive ketones (excluding diaryl/α,β-unsaturated/α-hetero) is 1. The number of rotatable bonds is 8. The van der Waals surface area contributed by atoms with Crippen molar-refractivity contribution in [2.45, 2.75) is 13.8 Å². The lowest BCUT2D eigenvalue weighted by atomic mass is 10.1. The van der Waals surface area contributed by atoms with Crippen molar-refractivity contribution in [3.63, 3.8) is 0 Å². The SMILES string of the molecule is CC(=O)c1ccc(NC(=O)COC(=O)c2ccc(NC(=O)/C=C(\C)C(=O)O)cc2)cc1. The standard InChI is InChI=1S/C22H20N2O7/c1-13(21(28)29)11-19(26)23-17-9-5-16(6-10-17)22(30)31-12-20(27)24-18-7-3-15(4-8-18)14(2)25/h3-11H,12H2,1-2H3,(H,23,26)(H,24,27)(H,28,29)/b13-11+. The Hall–Kier alpha value is -4.27. The molecule has 0 saturated carbocycles. The number of hydrogen-bond donors (Lipinski definition) is 3. The van der Waals surface area contributed by atoms with E-state index in [9.17, 15) is 24.0 Å². The van der Waals surface area contributed by atoms with Crippen LogP contribution >= 0.6 is 0 Å². The molecule has 0 heterocycles. The van der Waals surface area contributed by atoms with Crippen LogP contribution in [0.5, 0.6) is 0 Å². The van der Waals surface area contributed by atoms with Crippen LogP contribution in [0.3, 0.4) is 0 Å². The van der Waals surface area contributed by atoms with Crippen LogP contribution in [0.1, 0.15) is 34.6 Å². The van der Waals surface area contributed by atoms with Crippen LogP contribution in [-0.2, 0) is 19.1 Å². The van der Waals surface area contributed by atoms with Gasteiger partial charge in [0.05, 0.1) is 5.56 Å². The molecule has 9 nitrogen and oxygen atoms in total. The lowest BCUT2D eigenvalue weighted by Gasteiger charge is -2.08. The van der Waals surface area contributed by atoms with Gasteiger partial charge in [0.25, 0.3) is 5.91 Å². The Morgan fingerprint density at radius 1 is 0.839 bits per heavy atom. The number of ketones is 1. The normalized spacial score (nSPS) is 10.7. The molecule has 0 bridgehead atoms. The Bertz CT molecular complexity index is 1040. The number of nitrogens with one attached hydrogen (secondary N) is 2. The van der Waals surface area contributed by atoms with Gasteiger partial charge in [-0.1, -0.05) is 0 Å². The molecule has 2 rings (SSSR count). The van der Waals surface area contributed by atoms with Gasteiger partial charge in [-0.15, -0.1) is 0 Å². The molecule has 0 aliphatic heterocycles. The highest BCUT2D eigenvalue weighted by Crippen LogP contribution is 2.12. The number of esters is 1. The maximum Gasteiger partial charge on any atom is 0.338 e. The van der Waals surface area contributed by atoms with Crippen LogP contribution in [0.2, 0.25) is 0 Å². The van der Waals surface area contributed by atoms with Gasteiger partial charge in [0.1, 0.15) is 0 Å². The molecule has 31 heavy (non-hydrogen) atoms. The first-order valence-electron chi connectivity index (χ1n) is 9.06. The molecule has 2 amide bonds. The molecule has 0 spiro atoms. The van der Waals surface area contributed by atoms with E-state index in [1.54, 1.807) is 24.3 Å². The molecule has 2 aromatic carbocycles. The first kappa shape index (κ1) is 23.0. The molecule has 160 valence electrons. The molecule has 0 atom stereocenters. The summed E-state index contributed by atoms with van der Waals surface area (Å²) in [7, 11) is 0. The van der Waals surface area contributed by atoms with Crippen molar-refractivity contribution < 1.29 is 33.8 Å². The molecular formula is C22H20N2O7. The number of anilines is 2. The highest BCUT2D eigenvalue weighted by atomic mass is 16.5. The largest absolute Gasteiger partial charge is 0.478 e.